The lowest BCUT2D eigenvalue weighted by atomic mass is 10.1. The minimum atomic E-state index is -0.545. The Balaban J connectivity index is 1.61. The summed E-state index contributed by atoms with van der Waals surface area (Å²) in [6.07, 6.45) is 3.95. The summed E-state index contributed by atoms with van der Waals surface area (Å²) < 4.78 is 0. The Morgan fingerprint density at radius 3 is 2.96 bits per heavy atom. The smallest absolute Gasteiger partial charge is 0.265 e. The first-order valence-electron chi connectivity index (χ1n) is 7.54. The molecule has 0 radical (unpaired) electrons. The largest absolute Gasteiger partial charge is 0.364 e. The molecule has 1 aliphatic heterocycles. The molecule has 0 aliphatic carbocycles. The number of nitrogens with zero attached hydrogens (tertiary/aromatic N) is 2. The topological polar surface area (TPSA) is 121 Å². The highest BCUT2D eigenvalue weighted by Gasteiger charge is 2.21. The van der Waals surface area contributed by atoms with Gasteiger partial charge in [0, 0.05) is 30.1 Å². The number of aromatic amines is 1. The fourth-order valence-electron chi connectivity index (χ4n) is 2.51. The van der Waals surface area contributed by atoms with Crippen LogP contribution in [0.1, 0.15) is 29.8 Å². The predicted octanol–water partition coefficient (Wildman–Crippen LogP) is 1.19. The molecule has 4 N–H and O–H groups in total. The zero-order valence-electron chi connectivity index (χ0n) is 12.9. The Hall–Kier alpha value is -2.68. The Kier molecular flexibility index (Phi) is 4.61. The predicted molar refractivity (Wildman–Crippen MR) is 89.5 cm³/mol. The van der Waals surface area contributed by atoms with Crippen LogP contribution >= 0.6 is 11.3 Å². The van der Waals surface area contributed by atoms with Gasteiger partial charge < -0.3 is 20.9 Å². The van der Waals surface area contributed by atoms with Crippen molar-refractivity contribution in [2.24, 2.45) is 5.73 Å². The first-order chi connectivity index (χ1) is 11.5. The summed E-state index contributed by atoms with van der Waals surface area (Å²) >= 11 is 1.28. The Labute approximate surface area is 142 Å². The maximum Gasteiger partial charge on any atom is 0.265 e. The van der Waals surface area contributed by atoms with Crippen LogP contribution in [0.5, 0.6) is 0 Å². The van der Waals surface area contributed by atoms with E-state index in [1.807, 2.05) is 0 Å². The number of aromatic nitrogens is 2. The number of amides is 3. The summed E-state index contributed by atoms with van der Waals surface area (Å²) in [5, 5.41) is 4.92. The highest BCUT2D eigenvalue weighted by Crippen LogP contribution is 2.25. The molecule has 2 aromatic heterocycles. The van der Waals surface area contributed by atoms with Gasteiger partial charge in [0.2, 0.25) is 11.8 Å². The van der Waals surface area contributed by atoms with Crippen LogP contribution in [0.3, 0.4) is 0 Å². The molecule has 0 aromatic carbocycles. The molecule has 126 valence electrons. The summed E-state index contributed by atoms with van der Waals surface area (Å²) in [7, 11) is 0. The number of H-pyrrole nitrogens is 1. The summed E-state index contributed by atoms with van der Waals surface area (Å²) in [6.45, 7) is 0.665. The summed E-state index contributed by atoms with van der Waals surface area (Å²) in [5.74, 6) is -0.795. The zero-order valence-corrected chi connectivity index (χ0v) is 13.7. The molecule has 0 unspecified atom stereocenters. The molecule has 0 spiro atoms. The lowest BCUT2D eigenvalue weighted by molar-refractivity contribution is -0.136. The molecule has 1 aliphatic rings. The van der Waals surface area contributed by atoms with Crippen molar-refractivity contribution in [3.63, 3.8) is 0 Å². The number of carbonyl (C=O) groups excluding carboxylic acids is 3. The van der Waals surface area contributed by atoms with Gasteiger partial charge in [-0.25, -0.2) is 4.98 Å². The first kappa shape index (κ1) is 16.2. The van der Waals surface area contributed by atoms with E-state index in [0.29, 0.717) is 35.0 Å². The number of piperidine rings is 1. The van der Waals surface area contributed by atoms with Gasteiger partial charge in [-0.15, -0.1) is 11.3 Å². The molecule has 0 saturated carbocycles. The number of likely N-dealkylation sites (tertiary alicyclic amines) is 1. The van der Waals surface area contributed by atoms with Crippen LogP contribution in [0.2, 0.25) is 0 Å². The number of hydrogen-bond donors (Lipinski definition) is 3. The average molecular weight is 347 g/mol. The second-order valence-electron chi connectivity index (χ2n) is 5.52. The summed E-state index contributed by atoms with van der Waals surface area (Å²) in [5.41, 5.74) is 6.84. The molecule has 1 fully saturated rings. The lowest BCUT2D eigenvalue weighted by Gasteiger charge is -2.25. The number of hydrogen-bond acceptors (Lipinski definition) is 5. The number of rotatable bonds is 5. The molecule has 1 saturated heterocycles. The maximum atomic E-state index is 12.1. The summed E-state index contributed by atoms with van der Waals surface area (Å²) in [4.78, 5) is 43.5. The normalized spacial score (nSPS) is 14.7. The van der Waals surface area contributed by atoms with Crippen LogP contribution in [-0.2, 0) is 9.59 Å². The molecule has 3 amide bonds. The van der Waals surface area contributed by atoms with Crippen LogP contribution in [0.25, 0.3) is 11.3 Å². The van der Waals surface area contributed by atoms with Gasteiger partial charge in [-0.2, -0.15) is 0 Å². The van der Waals surface area contributed by atoms with Gasteiger partial charge in [0.1, 0.15) is 5.69 Å². The Bertz CT molecular complexity index is 782. The molecular weight excluding hydrogens is 330 g/mol. The van der Waals surface area contributed by atoms with Crippen LogP contribution in [-0.4, -0.2) is 45.7 Å². The van der Waals surface area contributed by atoms with Gasteiger partial charge in [0.15, 0.2) is 5.13 Å². The van der Waals surface area contributed by atoms with Gasteiger partial charge in [-0.05, 0) is 18.9 Å². The Morgan fingerprint density at radius 1 is 1.42 bits per heavy atom. The highest BCUT2D eigenvalue weighted by molar-refractivity contribution is 7.14. The second kappa shape index (κ2) is 6.83. The molecule has 0 atom stereocenters. The van der Waals surface area contributed by atoms with E-state index in [2.05, 4.69) is 15.3 Å². The minimum absolute atomic E-state index is 0.0162. The van der Waals surface area contributed by atoms with E-state index in [0.717, 1.165) is 12.8 Å². The molecule has 9 heteroatoms. The Morgan fingerprint density at radius 2 is 2.25 bits per heavy atom. The number of thiazole rings is 1. The molecule has 3 rings (SSSR count). The van der Waals surface area contributed by atoms with Crippen LogP contribution in [0.15, 0.2) is 17.6 Å². The maximum absolute atomic E-state index is 12.1. The van der Waals surface area contributed by atoms with E-state index in [1.165, 1.54) is 11.3 Å². The number of nitrogens with one attached hydrogen (secondary N) is 2. The SMILES string of the molecule is NC(=O)c1cc(-c2csc(NC(=O)CN3CCCCC3=O)n2)c[nH]1. The van der Waals surface area contributed by atoms with Crippen molar-refractivity contribution in [1.29, 1.82) is 0 Å². The minimum Gasteiger partial charge on any atom is -0.364 e. The average Bonchev–Trinajstić information content (AvgIpc) is 3.18. The molecule has 3 heterocycles. The zero-order chi connectivity index (χ0) is 17.1. The lowest BCUT2D eigenvalue weighted by Crippen LogP contribution is -2.40. The molecule has 0 bridgehead atoms. The van der Waals surface area contributed by atoms with Crippen molar-refractivity contribution >= 4 is 34.2 Å². The molecule has 8 nitrogen and oxygen atoms in total. The van der Waals surface area contributed by atoms with Crippen LogP contribution in [0, 0.1) is 0 Å². The third-order valence-electron chi connectivity index (χ3n) is 3.75. The van der Waals surface area contributed by atoms with E-state index in [1.54, 1.807) is 22.5 Å². The van der Waals surface area contributed by atoms with E-state index >= 15 is 0 Å². The van der Waals surface area contributed by atoms with Gasteiger partial charge in [-0.1, -0.05) is 0 Å². The molecule has 24 heavy (non-hydrogen) atoms. The van der Waals surface area contributed by atoms with E-state index < -0.39 is 5.91 Å². The fraction of sp³-hybridized carbons (Fsp3) is 0.333. The van der Waals surface area contributed by atoms with Gasteiger partial charge >= 0.3 is 0 Å². The number of nitrogens with two attached hydrogens (primary N) is 1. The van der Waals surface area contributed by atoms with Gasteiger partial charge in [0.25, 0.3) is 5.91 Å². The first-order valence-corrected chi connectivity index (χ1v) is 8.42. The van der Waals surface area contributed by atoms with Crippen molar-refractivity contribution in [2.45, 2.75) is 19.3 Å². The van der Waals surface area contributed by atoms with Crippen LogP contribution < -0.4 is 11.1 Å². The van der Waals surface area contributed by atoms with Crippen LogP contribution in [0.4, 0.5) is 5.13 Å². The van der Waals surface area contributed by atoms with Crippen molar-refractivity contribution in [3.05, 3.63) is 23.3 Å². The number of anilines is 1. The molecular formula is C15H17N5O3S. The van der Waals surface area contributed by atoms with Gasteiger partial charge in [-0.3, -0.25) is 14.4 Å². The third-order valence-corrected chi connectivity index (χ3v) is 4.51. The standard InChI is InChI=1S/C15H17N5O3S/c16-14(23)10-5-9(6-17-10)11-8-24-15(18-11)19-12(21)7-20-4-2-1-3-13(20)22/h5-6,8,17H,1-4,7H2,(H2,16,23)(H,18,19,21). The number of primary amides is 1. The monoisotopic (exact) mass is 347 g/mol. The van der Waals surface area contributed by atoms with E-state index in [-0.39, 0.29) is 18.4 Å². The van der Waals surface area contributed by atoms with Crippen molar-refractivity contribution in [3.8, 4) is 11.3 Å². The van der Waals surface area contributed by atoms with E-state index in [9.17, 15) is 14.4 Å². The van der Waals surface area contributed by atoms with Crippen molar-refractivity contribution in [1.82, 2.24) is 14.9 Å². The number of carbonyl (C=O) groups is 3. The quantitative estimate of drug-likeness (QED) is 0.752. The highest BCUT2D eigenvalue weighted by atomic mass is 32.1. The second-order valence-corrected chi connectivity index (χ2v) is 6.38. The van der Waals surface area contributed by atoms with Gasteiger partial charge in [0.05, 0.1) is 12.2 Å². The van der Waals surface area contributed by atoms with Crippen molar-refractivity contribution in [2.75, 3.05) is 18.4 Å². The molecule has 2 aromatic rings. The third kappa shape index (κ3) is 3.62. The fourth-order valence-corrected chi connectivity index (χ4v) is 3.25. The summed E-state index contributed by atoms with van der Waals surface area (Å²) in [6, 6.07) is 1.61. The van der Waals surface area contributed by atoms with E-state index in [4.69, 9.17) is 5.73 Å². The van der Waals surface area contributed by atoms with Crippen molar-refractivity contribution < 1.29 is 14.4 Å².